The van der Waals surface area contributed by atoms with Crippen LogP contribution in [0.3, 0.4) is 0 Å². The molecule has 0 aliphatic carbocycles. The Morgan fingerprint density at radius 3 is 2.60 bits per heavy atom. The van der Waals surface area contributed by atoms with Crippen LogP contribution in [0.2, 0.25) is 5.02 Å². The van der Waals surface area contributed by atoms with Crippen LogP contribution < -0.4 is 0 Å². The molecule has 5 heteroatoms. The van der Waals surface area contributed by atoms with E-state index in [2.05, 4.69) is 10.2 Å². The molecule has 2 rings (SSSR count). The van der Waals surface area contributed by atoms with E-state index in [-0.39, 0.29) is 0 Å². The first-order chi connectivity index (χ1) is 7.24. The Balaban J connectivity index is 1.96. The van der Waals surface area contributed by atoms with Crippen LogP contribution in [0.1, 0.15) is 11.5 Å². The van der Waals surface area contributed by atoms with Crippen molar-refractivity contribution in [3.8, 4) is 0 Å². The van der Waals surface area contributed by atoms with Gasteiger partial charge in [0.05, 0.1) is 0 Å². The third-order valence-electron chi connectivity index (χ3n) is 1.78. The third-order valence-corrected chi connectivity index (χ3v) is 2.92. The maximum Gasteiger partial charge on any atom is 0.276 e. The Kier molecular flexibility index (Phi) is 3.28. The molecule has 1 aromatic carbocycles. The number of benzene rings is 1. The van der Waals surface area contributed by atoms with Gasteiger partial charge in [-0.05, 0) is 17.7 Å². The van der Waals surface area contributed by atoms with Gasteiger partial charge in [0.25, 0.3) is 5.22 Å². The number of hydrogen-bond acceptors (Lipinski definition) is 4. The van der Waals surface area contributed by atoms with Crippen molar-refractivity contribution in [2.24, 2.45) is 0 Å². The summed E-state index contributed by atoms with van der Waals surface area (Å²) in [6.45, 7) is 1.78. The quantitative estimate of drug-likeness (QED) is 0.772. The van der Waals surface area contributed by atoms with Crippen LogP contribution in [-0.4, -0.2) is 10.2 Å². The van der Waals surface area contributed by atoms with Gasteiger partial charge in [0.2, 0.25) is 5.89 Å². The molecule has 0 aliphatic rings. The molecule has 0 radical (unpaired) electrons. The number of hydrogen-bond donors (Lipinski definition) is 0. The lowest BCUT2D eigenvalue weighted by molar-refractivity contribution is 0.429. The monoisotopic (exact) mass is 240 g/mol. The Morgan fingerprint density at radius 2 is 2.00 bits per heavy atom. The molecule has 3 nitrogen and oxygen atoms in total. The summed E-state index contributed by atoms with van der Waals surface area (Å²) in [5.41, 5.74) is 1.18. The van der Waals surface area contributed by atoms with Crippen molar-refractivity contribution in [2.75, 3.05) is 0 Å². The maximum atomic E-state index is 5.78. The van der Waals surface area contributed by atoms with E-state index in [4.69, 9.17) is 16.0 Å². The van der Waals surface area contributed by atoms with Crippen LogP contribution in [0, 0.1) is 6.92 Å². The van der Waals surface area contributed by atoms with E-state index in [1.54, 1.807) is 6.92 Å². The lowest BCUT2D eigenvalue weighted by Crippen LogP contribution is -1.79. The molecule has 0 amide bonds. The van der Waals surface area contributed by atoms with Gasteiger partial charge >= 0.3 is 0 Å². The predicted molar refractivity (Wildman–Crippen MR) is 60.0 cm³/mol. The minimum atomic E-state index is 0.591. The maximum absolute atomic E-state index is 5.78. The number of aromatic nitrogens is 2. The number of rotatable bonds is 3. The highest BCUT2D eigenvalue weighted by molar-refractivity contribution is 7.98. The second kappa shape index (κ2) is 4.68. The smallest absolute Gasteiger partial charge is 0.276 e. The number of aryl methyl sites for hydroxylation is 1. The van der Waals surface area contributed by atoms with E-state index in [0.29, 0.717) is 11.1 Å². The fourth-order valence-corrected chi connectivity index (χ4v) is 1.95. The molecule has 0 unspecified atom stereocenters. The summed E-state index contributed by atoms with van der Waals surface area (Å²) >= 11 is 7.30. The minimum Gasteiger partial charge on any atom is -0.416 e. The van der Waals surface area contributed by atoms with E-state index < -0.39 is 0 Å². The molecule has 0 N–H and O–H groups in total. The van der Waals surface area contributed by atoms with Crippen molar-refractivity contribution in [1.82, 2.24) is 10.2 Å². The van der Waals surface area contributed by atoms with Gasteiger partial charge in [-0.3, -0.25) is 0 Å². The van der Waals surface area contributed by atoms with Crippen molar-refractivity contribution < 1.29 is 4.42 Å². The zero-order chi connectivity index (χ0) is 10.7. The highest BCUT2D eigenvalue weighted by atomic mass is 35.5. The van der Waals surface area contributed by atoms with E-state index in [1.165, 1.54) is 17.3 Å². The Labute approximate surface area is 96.8 Å². The van der Waals surface area contributed by atoms with Crippen LogP contribution in [0.25, 0.3) is 0 Å². The van der Waals surface area contributed by atoms with Crippen molar-refractivity contribution in [1.29, 1.82) is 0 Å². The summed E-state index contributed by atoms with van der Waals surface area (Å²) in [6, 6.07) is 7.71. The molecule has 0 atom stereocenters. The summed E-state index contributed by atoms with van der Waals surface area (Å²) in [7, 11) is 0. The first-order valence-electron chi connectivity index (χ1n) is 4.41. The summed E-state index contributed by atoms with van der Waals surface area (Å²) in [4.78, 5) is 0. The molecule has 2 aromatic rings. The second-order valence-corrected chi connectivity index (χ2v) is 4.37. The Hall–Kier alpha value is -1.00. The molecule has 0 bridgehead atoms. The van der Waals surface area contributed by atoms with Crippen LogP contribution in [0.5, 0.6) is 0 Å². The molecule has 0 saturated carbocycles. The van der Waals surface area contributed by atoms with Gasteiger partial charge < -0.3 is 4.42 Å². The molecule has 15 heavy (non-hydrogen) atoms. The van der Waals surface area contributed by atoms with Gasteiger partial charge in [0, 0.05) is 17.7 Å². The van der Waals surface area contributed by atoms with E-state index >= 15 is 0 Å². The second-order valence-electron chi connectivity index (χ2n) is 3.00. The summed E-state index contributed by atoms with van der Waals surface area (Å²) in [5, 5.41) is 9.00. The molecular weight excluding hydrogens is 232 g/mol. The molecule has 0 saturated heterocycles. The third kappa shape index (κ3) is 2.97. The van der Waals surface area contributed by atoms with Crippen LogP contribution >= 0.6 is 23.4 Å². The van der Waals surface area contributed by atoms with Crippen LogP contribution in [-0.2, 0) is 5.75 Å². The van der Waals surface area contributed by atoms with Gasteiger partial charge in [-0.2, -0.15) is 0 Å². The largest absolute Gasteiger partial charge is 0.416 e. The lowest BCUT2D eigenvalue weighted by Gasteiger charge is -1.97. The van der Waals surface area contributed by atoms with Crippen molar-refractivity contribution >= 4 is 23.4 Å². The fraction of sp³-hybridized carbons (Fsp3) is 0.200. The molecular formula is C10H9ClN2OS. The van der Waals surface area contributed by atoms with Crippen molar-refractivity contribution in [2.45, 2.75) is 17.9 Å². The standard InChI is InChI=1S/C10H9ClN2OS/c1-7-12-13-10(14-7)15-6-8-2-4-9(11)5-3-8/h2-5H,6H2,1H3. The van der Waals surface area contributed by atoms with E-state index in [0.717, 1.165) is 10.8 Å². The molecule has 0 spiro atoms. The Morgan fingerprint density at radius 1 is 1.27 bits per heavy atom. The minimum absolute atomic E-state index is 0.591. The summed E-state index contributed by atoms with van der Waals surface area (Å²) < 4.78 is 5.24. The average Bonchev–Trinajstić information content (AvgIpc) is 2.64. The molecule has 1 heterocycles. The van der Waals surface area contributed by atoms with Crippen molar-refractivity contribution in [3.05, 3.63) is 40.7 Å². The highest BCUT2D eigenvalue weighted by Gasteiger charge is 2.03. The van der Waals surface area contributed by atoms with Gasteiger partial charge in [0.15, 0.2) is 0 Å². The normalized spacial score (nSPS) is 10.5. The topological polar surface area (TPSA) is 38.9 Å². The van der Waals surface area contributed by atoms with Crippen molar-refractivity contribution in [3.63, 3.8) is 0 Å². The van der Waals surface area contributed by atoms with Gasteiger partial charge in [-0.1, -0.05) is 35.5 Å². The Bertz CT molecular complexity index is 441. The molecule has 0 aliphatic heterocycles. The SMILES string of the molecule is Cc1nnc(SCc2ccc(Cl)cc2)o1. The molecule has 1 aromatic heterocycles. The highest BCUT2D eigenvalue weighted by Crippen LogP contribution is 2.21. The average molecular weight is 241 g/mol. The predicted octanol–water partition coefficient (Wildman–Crippen LogP) is 3.32. The van der Waals surface area contributed by atoms with Crippen LogP contribution in [0.4, 0.5) is 0 Å². The number of halogens is 1. The number of nitrogens with zero attached hydrogens (tertiary/aromatic N) is 2. The van der Waals surface area contributed by atoms with Gasteiger partial charge in [-0.25, -0.2) is 0 Å². The molecule has 78 valence electrons. The molecule has 0 fully saturated rings. The first kappa shape index (κ1) is 10.5. The lowest BCUT2D eigenvalue weighted by atomic mass is 10.2. The fourth-order valence-electron chi connectivity index (χ4n) is 1.06. The van der Waals surface area contributed by atoms with E-state index in [1.807, 2.05) is 24.3 Å². The summed E-state index contributed by atoms with van der Waals surface area (Å²) in [6.07, 6.45) is 0. The zero-order valence-corrected chi connectivity index (χ0v) is 9.68. The number of thioether (sulfide) groups is 1. The zero-order valence-electron chi connectivity index (χ0n) is 8.11. The first-order valence-corrected chi connectivity index (χ1v) is 5.78. The summed E-state index contributed by atoms with van der Waals surface area (Å²) in [5.74, 6) is 1.40. The van der Waals surface area contributed by atoms with Gasteiger partial charge in [-0.15, -0.1) is 10.2 Å². The van der Waals surface area contributed by atoms with Crippen LogP contribution in [0.15, 0.2) is 33.9 Å². The van der Waals surface area contributed by atoms with E-state index in [9.17, 15) is 0 Å². The van der Waals surface area contributed by atoms with Gasteiger partial charge in [0.1, 0.15) is 0 Å².